The molecule has 0 amide bonds. The van der Waals surface area contributed by atoms with E-state index in [4.69, 9.17) is 21.1 Å². The summed E-state index contributed by atoms with van der Waals surface area (Å²) in [6, 6.07) is 18.2. The summed E-state index contributed by atoms with van der Waals surface area (Å²) in [4.78, 5) is 4.22. The van der Waals surface area contributed by atoms with E-state index in [9.17, 15) is 19.1 Å². The smallest absolute Gasteiger partial charge is 0.126 e. The van der Waals surface area contributed by atoms with Gasteiger partial charge in [0, 0.05) is 44.4 Å². The van der Waals surface area contributed by atoms with Gasteiger partial charge in [-0.15, -0.1) is 0 Å². The van der Waals surface area contributed by atoms with Crippen LogP contribution in [0.3, 0.4) is 0 Å². The van der Waals surface area contributed by atoms with E-state index in [1.54, 1.807) is 20.1 Å². The van der Waals surface area contributed by atoms with Crippen molar-refractivity contribution in [1.29, 1.82) is 5.26 Å². The minimum atomic E-state index is -1.48. The molecule has 0 saturated carbocycles. The van der Waals surface area contributed by atoms with Crippen LogP contribution < -0.4 is 9.64 Å². The van der Waals surface area contributed by atoms with Crippen molar-refractivity contribution in [2.45, 2.75) is 18.6 Å². The number of β-amino-alcohol motifs (C(OH)–C–C–N with tert-alkyl or cyclic N) is 1. The Morgan fingerprint density at radius 3 is 2.42 bits per heavy atom. The van der Waals surface area contributed by atoms with Gasteiger partial charge in [0.15, 0.2) is 0 Å². The van der Waals surface area contributed by atoms with Crippen LogP contribution in [0.5, 0.6) is 5.75 Å². The SMILES string of the molecule is COCCOc1ccc(N2CCN(C[C@@](C)(O)c3cc(F)cc(F)c3)C[C@H]2c2ccc(Cl)cc2)c(C#N)c1. The third kappa shape index (κ3) is 6.61. The van der Waals surface area contributed by atoms with Crippen LogP contribution in [-0.2, 0) is 10.3 Å². The number of hydrogen-bond donors (Lipinski definition) is 1. The fourth-order valence-corrected chi connectivity index (χ4v) is 4.95. The number of anilines is 1. The quantitative estimate of drug-likeness (QED) is 0.371. The summed E-state index contributed by atoms with van der Waals surface area (Å²) in [6.45, 7) is 4.17. The number of nitrogens with zero attached hydrogens (tertiary/aromatic N) is 3. The number of ether oxygens (including phenoxy) is 2. The molecule has 0 spiro atoms. The molecule has 0 aromatic heterocycles. The molecule has 4 rings (SSSR count). The molecule has 1 aliphatic rings. The second-order valence-corrected chi connectivity index (χ2v) is 10.00. The zero-order valence-corrected chi connectivity index (χ0v) is 22.1. The van der Waals surface area contributed by atoms with Crippen LogP contribution in [0.2, 0.25) is 5.02 Å². The molecule has 1 saturated heterocycles. The third-order valence-corrected chi connectivity index (χ3v) is 6.94. The summed E-state index contributed by atoms with van der Waals surface area (Å²) in [5.41, 5.74) is 0.935. The lowest BCUT2D eigenvalue weighted by Gasteiger charge is -2.45. The number of hydrogen-bond acceptors (Lipinski definition) is 6. The Morgan fingerprint density at radius 2 is 1.76 bits per heavy atom. The van der Waals surface area contributed by atoms with Crippen LogP contribution in [0.4, 0.5) is 14.5 Å². The first kappa shape index (κ1) is 27.8. The molecule has 200 valence electrons. The highest BCUT2D eigenvalue weighted by Gasteiger charge is 2.34. The van der Waals surface area contributed by atoms with Gasteiger partial charge in [-0.25, -0.2) is 8.78 Å². The van der Waals surface area contributed by atoms with Gasteiger partial charge in [0.2, 0.25) is 0 Å². The molecule has 1 fully saturated rings. The Morgan fingerprint density at radius 1 is 1.05 bits per heavy atom. The number of methoxy groups -OCH3 is 1. The predicted molar refractivity (Wildman–Crippen MR) is 142 cm³/mol. The van der Waals surface area contributed by atoms with Crippen molar-refractivity contribution >= 4 is 17.3 Å². The molecule has 9 heteroatoms. The Hall–Kier alpha value is -3.22. The van der Waals surface area contributed by atoms with Crippen molar-refractivity contribution in [2.75, 3.05) is 51.4 Å². The normalized spacial score (nSPS) is 17.6. The van der Waals surface area contributed by atoms with E-state index in [2.05, 4.69) is 15.9 Å². The van der Waals surface area contributed by atoms with Gasteiger partial charge in [0.05, 0.1) is 29.5 Å². The van der Waals surface area contributed by atoms with Crippen LogP contribution in [0.15, 0.2) is 60.7 Å². The lowest BCUT2D eigenvalue weighted by Crippen LogP contribution is -2.52. The van der Waals surface area contributed by atoms with E-state index in [0.717, 1.165) is 29.4 Å². The molecule has 2 atom stereocenters. The number of nitriles is 1. The molecule has 1 aliphatic heterocycles. The summed E-state index contributed by atoms with van der Waals surface area (Å²) in [6.07, 6.45) is 0. The van der Waals surface area contributed by atoms with Crippen molar-refractivity contribution in [2.24, 2.45) is 0 Å². The van der Waals surface area contributed by atoms with Crippen LogP contribution in [0.1, 0.15) is 29.7 Å². The van der Waals surface area contributed by atoms with Gasteiger partial charge in [-0.2, -0.15) is 5.26 Å². The molecule has 0 radical (unpaired) electrons. The fourth-order valence-electron chi connectivity index (χ4n) is 4.82. The Bertz CT molecular complexity index is 1280. The fraction of sp³-hybridized carbons (Fsp3) is 0.345. The number of benzene rings is 3. The maximum atomic E-state index is 13.9. The van der Waals surface area contributed by atoms with Crippen molar-refractivity contribution < 1.29 is 23.4 Å². The maximum Gasteiger partial charge on any atom is 0.126 e. The average Bonchev–Trinajstić information content (AvgIpc) is 2.88. The highest BCUT2D eigenvalue weighted by molar-refractivity contribution is 6.30. The molecular weight excluding hydrogens is 512 g/mol. The van der Waals surface area contributed by atoms with Gasteiger partial charge >= 0.3 is 0 Å². The van der Waals surface area contributed by atoms with Crippen LogP contribution in [0.25, 0.3) is 0 Å². The largest absolute Gasteiger partial charge is 0.491 e. The Labute approximate surface area is 226 Å². The third-order valence-electron chi connectivity index (χ3n) is 6.69. The number of rotatable bonds is 9. The zero-order valence-electron chi connectivity index (χ0n) is 21.3. The lowest BCUT2D eigenvalue weighted by molar-refractivity contribution is 0.00980. The van der Waals surface area contributed by atoms with E-state index in [1.807, 2.05) is 36.4 Å². The number of piperazine rings is 1. The number of halogens is 3. The molecule has 3 aromatic carbocycles. The summed E-state index contributed by atoms with van der Waals surface area (Å²) >= 11 is 6.15. The first-order valence-corrected chi connectivity index (χ1v) is 12.7. The maximum absolute atomic E-state index is 13.9. The van der Waals surface area contributed by atoms with Crippen molar-refractivity contribution in [1.82, 2.24) is 4.90 Å². The highest BCUT2D eigenvalue weighted by atomic mass is 35.5. The zero-order chi connectivity index (χ0) is 27.3. The van der Waals surface area contributed by atoms with E-state index in [-0.39, 0.29) is 18.2 Å². The van der Waals surface area contributed by atoms with Crippen LogP contribution in [-0.4, -0.2) is 56.5 Å². The van der Waals surface area contributed by atoms with Crippen molar-refractivity contribution in [3.05, 3.63) is 94.0 Å². The second-order valence-electron chi connectivity index (χ2n) is 9.56. The Balaban J connectivity index is 1.61. The summed E-state index contributed by atoms with van der Waals surface area (Å²) in [7, 11) is 1.60. The first-order valence-electron chi connectivity index (χ1n) is 12.3. The standard InChI is InChI=1S/C29H30ClF2N3O3/c1-29(36,22-14-24(31)16-25(32)15-22)19-34-9-10-35(28(18-34)20-3-5-23(30)6-4-20)27-8-7-26(13-21(27)17-33)38-12-11-37-2/h3-8,13-16,28,36H,9-12,18-19H2,1-2H3/t28-,29+/m0/s1. The van der Waals surface area contributed by atoms with E-state index >= 15 is 0 Å². The van der Waals surface area contributed by atoms with Crippen LogP contribution in [0, 0.1) is 23.0 Å². The summed E-state index contributed by atoms with van der Waals surface area (Å²) in [5, 5.41) is 21.7. The van der Waals surface area contributed by atoms with Gasteiger partial charge in [0.1, 0.15) is 30.1 Å². The second kappa shape index (κ2) is 12.1. The van der Waals surface area contributed by atoms with E-state index in [1.165, 1.54) is 0 Å². The van der Waals surface area contributed by atoms with Gasteiger partial charge in [-0.1, -0.05) is 23.7 Å². The molecular formula is C29H30ClF2N3O3. The van der Waals surface area contributed by atoms with Gasteiger partial charge < -0.3 is 19.5 Å². The molecule has 0 bridgehead atoms. The molecule has 6 nitrogen and oxygen atoms in total. The number of aliphatic hydroxyl groups is 1. The minimum Gasteiger partial charge on any atom is -0.491 e. The average molecular weight is 542 g/mol. The lowest BCUT2D eigenvalue weighted by atomic mass is 9.93. The first-order chi connectivity index (χ1) is 18.2. The molecule has 3 aromatic rings. The van der Waals surface area contributed by atoms with Gasteiger partial charge in [-0.05, 0) is 60.5 Å². The van der Waals surface area contributed by atoms with E-state index in [0.29, 0.717) is 49.2 Å². The predicted octanol–water partition coefficient (Wildman–Crippen LogP) is 5.29. The monoisotopic (exact) mass is 541 g/mol. The molecule has 1 heterocycles. The molecule has 0 unspecified atom stereocenters. The summed E-state index contributed by atoms with van der Waals surface area (Å²) < 4.78 is 38.4. The molecule has 1 N–H and O–H groups in total. The van der Waals surface area contributed by atoms with Gasteiger partial charge in [-0.3, -0.25) is 4.90 Å². The van der Waals surface area contributed by atoms with E-state index < -0.39 is 17.2 Å². The minimum absolute atomic E-state index is 0.172. The Kier molecular flexibility index (Phi) is 8.85. The van der Waals surface area contributed by atoms with Crippen molar-refractivity contribution in [3.8, 4) is 11.8 Å². The highest BCUT2D eigenvalue weighted by Crippen LogP contribution is 2.36. The van der Waals surface area contributed by atoms with Crippen molar-refractivity contribution in [3.63, 3.8) is 0 Å². The summed E-state index contributed by atoms with van der Waals surface area (Å²) in [5.74, 6) is -0.881. The van der Waals surface area contributed by atoms with Crippen LogP contribution >= 0.6 is 11.6 Å². The molecule has 0 aliphatic carbocycles. The van der Waals surface area contributed by atoms with Gasteiger partial charge in [0.25, 0.3) is 0 Å². The molecule has 38 heavy (non-hydrogen) atoms. The topological polar surface area (TPSA) is 69.0 Å².